The molecule has 0 aliphatic heterocycles. The van der Waals surface area contributed by atoms with Gasteiger partial charge in [-0.15, -0.1) is 0 Å². The highest BCUT2D eigenvalue weighted by atomic mass is 19.1. The molecule has 0 amide bonds. The first-order chi connectivity index (χ1) is 8.24. The molecule has 5 heteroatoms. The summed E-state index contributed by atoms with van der Waals surface area (Å²) in [5.41, 5.74) is 6.98. The summed E-state index contributed by atoms with van der Waals surface area (Å²) in [4.78, 5) is 8.14. The van der Waals surface area contributed by atoms with E-state index in [4.69, 9.17) is 10.5 Å². The monoisotopic (exact) mass is 233 g/mol. The van der Waals surface area contributed by atoms with E-state index in [-0.39, 0.29) is 5.69 Å². The van der Waals surface area contributed by atoms with Crippen LogP contribution in [0.3, 0.4) is 0 Å². The molecule has 0 aliphatic rings. The van der Waals surface area contributed by atoms with Crippen molar-refractivity contribution in [2.75, 3.05) is 7.11 Å². The maximum absolute atomic E-state index is 13.6. The van der Waals surface area contributed by atoms with E-state index in [1.165, 1.54) is 19.2 Å². The van der Waals surface area contributed by atoms with Crippen LogP contribution in [0.15, 0.2) is 30.5 Å². The molecule has 0 aliphatic carbocycles. The molecule has 2 aromatic rings. The van der Waals surface area contributed by atoms with Gasteiger partial charge in [-0.05, 0) is 17.7 Å². The normalized spacial score (nSPS) is 10.3. The van der Waals surface area contributed by atoms with Gasteiger partial charge in [-0.3, -0.25) is 4.98 Å². The number of methoxy groups -OCH3 is 1. The molecular formula is C12H12FN3O. The molecule has 0 atom stereocenters. The minimum absolute atomic E-state index is 0.174. The predicted molar refractivity (Wildman–Crippen MR) is 61.9 cm³/mol. The number of nitrogens with zero attached hydrogens (tertiary/aromatic N) is 2. The average molecular weight is 233 g/mol. The second-order valence-corrected chi connectivity index (χ2v) is 3.44. The van der Waals surface area contributed by atoms with Gasteiger partial charge in [0.25, 0.3) is 0 Å². The Kier molecular flexibility index (Phi) is 3.30. The highest BCUT2D eigenvalue weighted by Crippen LogP contribution is 2.21. The second-order valence-electron chi connectivity index (χ2n) is 3.44. The molecule has 0 aromatic carbocycles. The number of hydrogen-bond acceptors (Lipinski definition) is 4. The van der Waals surface area contributed by atoms with Crippen LogP contribution in [0, 0.1) is 5.82 Å². The molecule has 0 radical (unpaired) electrons. The van der Waals surface area contributed by atoms with Crippen molar-refractivity contribution in [3.63, 3.8) is 0 Å². The van der Waals surface area contributed by atoms with Crippen molar-refractivity contribution in [2.24, 2.45) is 5.73 Å². The van der Waals surface area contributed by atoms with E-state index in [0.29, 0.717) is 18.1 Å². The van der Waals surface area contributed by atoms with Crippen molar-refractivity contribution in [3.05, 3.63) is 41.8 Å². The van der Waals surface area contributed by atoms with Gasteiger partial charge in [-0.1, -0.05) is 6.07 Å². The summed E-state index contributed by atoms with van der Waals surface area (Å²) in [5.74, 6) is -0.0788. The third-order valence-electron chi connectivity index (χ3n) is 2.33. The Hall–Kier alpha value is -2.01. The summed E-state index contributed by atoms with van der Waals surface area (Å²) < 4.78 is 18.5. The molecular weight excluding hydrogens is 221 g/mol. The van der Waals surface area contributed by atoms with E-state index < -0.39 is 5.82 Å². The topological polar surface area (TPSA) is 61.0 Å². The number of halogens is 1. The van der Waals surface area contributed by atoms with Crippen LogP contribution >= 0.6 is 0 Å². The van der Waals surface area contributed by atoms with Gasteiger partial charge in [0, 0.05) is 18.8 Å². The highest BCUT2D eigenvalue weighted by molar-refractivity contribution is 5.55. The third-order valence-corrected chi connectivity index (χ3v) is 2.33. The molecule has 2 heterocycles. The lowest BCUT2D eigenvalue weighted by Crippen LogP contribution is -1.99. The number of ether oxygens (including phenoxy) is 1. The van der Waals surface area contributed by atoms with Crippen LogP contribution in [0.25, 0.3) is 11.4 Å². The molecule has 4 nitrogen and oxygen atoms in total. The Morgan fingerprint density at radius 3 is 2.71 bits per heavy atom. The van der Waals surface area contributed by atoms with Gasteiger partial charge in [-0.2, -0.15) is 0 Å². The van der Waals surface area contributed by atoms with Crippen molar-refractivity contribution in [3.8, 4) is 17.3 Å². The van der Waals surface area contributed by atoms with Crippen LogP contribution in [0.5, 0.6) is 5.88 Å². The van der Waals surface area contributed by atoms with Gasteiger partial charge < -0.3 is 10.5 Å². The summed E-state index contributed by atoms with van der Waals surface area (Å²) in [6, 6.07) is 6.25. The van der Waals surface area contributed by atoms with Crippen molar-refractivity contribution in [1.29, 1.82) is 0 Å². The fraction of sp³-hybridized carbons (Fsp3) is 0.167. The number of rotatable bonds is 3. The zero-order valence-corrected chi connectivity index (χ0v) is 9.35. The number of hydrogen-bond donors (Lipinski definition) is 1. The van der Waals surface area contributed by atoms with Gasteiger partial charge in [0.1, 0.15) is 5.69 Å². The molecule has 2 N–H and O–H groups in total. The molecule has 2 aromatic heterocycles. The van der Waals surface area contributed by atoms with Gasteiger partial charge >= 0.3 is 0 Å². The number of nitrogens with two attached hydrogens (primary N) is 1. The molecule has 0 unspecified atom stereocenters. The SMILES string of the molecule is COc1ccc(F)c(-c2ccc(CN)cn2)n1. The van der Waals surface area contributed by atoms with Gasteiger partial charge in [0.15, 0.2) is 5.82 Å². The first-order valence-electron chi connectivity index (χ1n) is 5.10. The minimum Gasteiger partial charge on any atom is -0.481 e. The molecule has 17 heavy (non-hydrogen) atoms. The summed E-state index contributed by atoms with van der Waals surface area (Å²) in [7, 11) is 1.48. The average Bonchev–Trinajstić information content (AvgIpc) is 2.39. The van der Waals surface area contributed by atoms with Crippen LogP contribution in [-0.2, 0) is 6.54 Å². The summed E-state index contributed by atoms with van der Waals surface area (Å²) in [6.07, 6.45) is 1.61. The predicted octanol–water partition coefficient (Wildman–Crippen LogP) is 1.75. The highest BCUT2D eigenvalue weighted by Gasteiger charge is 2.09. The lowest BCUT2D eigenvalue weighted by Gasteiger charge is -2.05. The van der Waals surface area contributed by atoms with Crippen LogP contribution in [0.1, 0.15) is 5.56 Å². The first kappa shape index (κ1) is 11.5. The van der Waals surface area contributed by atoms with Gasteiger partial charge in [-0.25, -0.2) is 9.37 Å². The van der Waals surface area contributed by atoms with Crippen molar-refractivity contribution < 1.29 is 9.13 Å². The molecule has 88 valence electrons. The van der Waals surface area contributed by atoms with Crippen molar-refractivity contribution in [2.45, 2.75) is 6.54 Å². The van der Waals surface area contributed by atoms with E-state index in [1.807, 2.05) is 0 Å². The zero-order valence-electron chi connectivity index (χ0n) is 9.35. The molecule has 0 fully saturated rings. The molecule has 0 saturated carbocycles. The van der Waals surface area contributed by atoms with E-state index in [1.54, 1.807) is 18.3 Å². The zero-order chi connectivity index (χ0) is 12.3. The third kappa shape index (κ3) is 2.39. The first-order valence-corrected chi connectivity index (χ1v) is 5.10. The largest absolute Gasteiger partial charge is 0.481 e. The summed E-state index contributed by atoms with van der Waals surface area (Å²) in [6.45, 7) is 0.404. The summed E-state index contributed by atoms with van der Waals surface area (Å²) in [5, 5.41) is 0. The smallest absolute Gasteiger partial charge is 0.213 e. The maximum Gasteiger partial charge on any atom is 0.213 e. The standard InChI is InChI=1S/C12H12FN3O/c1-17-11-5-3-9(13)12(16-11)10-4-2-8(6-14)7-15-10/h2-5,7H,6,14H2,1H3. The maximum atomic E-state index is 13.6. The van der Waals surface area contributed by atoms with Crippen LogP contribution < -0.4 is 10.5 Å². The van der Waals surface area contributed by atoms with Crippen molar-refractivity contribution >= 4 is 0 Å². The summed E-state index contributed by atoms with van der Waals surface area (Å²) >= 11 is 0. The van der Waals surface area contributed by atoms with Crippen molar-refractivity contribution in [1.82, 2.24) is 9.97 Å². The van der Waals surface area contributed by atoms with Crippen LogP contribution in [-0.4, -0.2) is 17.1 Å². The Bertz CT molecular complexity index is 514. The van der Waals surface area contributed by atoms with Crippen LogP contribution in [0.2, 0.25) is 0 Å². The fourth-order valence-electron chi connectivity index (χ4n) is 1.40. The second kappa shape index (κ2) is 4.88. The Labute approximate surface area is 98.3 Å². The Morgan fingerprint density at radius 1 is 1.29 bits per heavy atom. The lowest BCUT2D eigenvalue weighted by molar-refractivity contribution is 0.396. The quantitative estimate of drug-likeness (QED) is 0.877. The number of pyridine rings is 2. The minimum atomic E-state index is -0.432. The lowest BCUT2D eigenvalue weighted by atomic mass is 10.2. The van der Waals surface area contributed by atoms with E-state index in [2.05, 4.69) is 9.97 Å². The molecule has 0 saturated heterocycles. The fourth-order valence-corrected chi connectivity index (χ4v) is 1.40. The molecule has 0 bridgehead atoms. The Balaban J connectivity index is 2.43. The van der Waals surface area contributed by atoms with Gasteiger partial charge in [0.05, 0.1) is 12.8 Å². The number of aromatic nitrogens is 2. The Morgan fingerprint density at radius 2 is 2.12 bits per heavy atom. The van der Waals surface area contributed by atoms with E-state index in [9.17, 15) is 4.39 Å². The van der Waals surface area contributed by atoms with Crippen LogP contribution in [0.4, 0.5) is 4.39 Å². The molecule has 2 rings (SSSR count). The van der Waals surface area contributed by atoms with Gasteiger partial charge in [0.2, 0.25) is 5.88 Å². The van der Waals surface area contributed by atoms with E-state index >= 15 is 0 Å². The van der Waals surface area contributed by atoms with E-state index in [0.717, 1.165) is 5.56 Å². The molecule has 0 spiro atoms.